The number of amides is 1. The largest absolute Gasteiger partial charge is 0.473 e. The van der Waals surface area contributed by atoms with Crippen LogP contribution in [0.15, 0.2) is 30.9 Å². The van der Waals surface area contributed by atoms with Gasteiger partial charge in [-0.3, -0.25) is 4.79 Å². The van der Waals surface area contributed by atoms with Crippen LogP contribution in [-0.2, 0) is 6.42 Å². The van der Waals surface area contributed by atoms with Gasteiger partial charge in [-0.25, -0.2) is 9.97 Å². The summed E-state index contributed by atoms with van der Waals surface area (Å²) in [7, 11) is 0. The number of thioether (sulfide) groups is 1. The number of ether oxygens (including phenoxy) is 1. The van der Waals surface area contributed by atoms with Crippen LogP contribution in [0.4, 0.5) is 0 Å². The molecule has 2 aromatic rings. The van der Waals surface area contributed by atoms with Gasteiger partial charge < -0.3 is 15.0 Å². The zero-order valence-corrected chi connectivity index (χ0v) is 12.9. The topological polar surface area (TPSA) is 79.9 Å². The molecule has 1 fully saturated rings. The highest BCUT2D eigenvalue weighted by Gasteiger charge is 2.18. The molecule has 1 amide bonds. The van der Waals surface area contributed by atoms with Crippen molar-refractivity contribution >= 4 is 17.7 Å². The normalized spacial score (nSPS) is 17.4. The number of H-pyrrole nitrogens is 1. The van der Waals surface area contributed by atoms with Crippen LogP contribution in [0.2, 0.25) is 0 Å². The second-order valence-corrected chi connectivity index (χ2v) is 6.22. The molecule has 0 aromatic carbocycles. The third-order valence-corrected chi connectivity index (χ3v) is 4.54. The third-order valence-electron chi connectivity index (χ3n) is 3.41. The lowest BCUT2D eigenvalue weighted by Crippen LogP contribution is -2.26. The van der Waals surface area contributed by atoms with Crippen molar-refractivity contribution < 1.29 is 9.53 Å². The summed E-state index contributed by atoms with van der Waals surface area (Å²) in [4.78, 5) is 23.3. The van der Waals surface area contributed by atoms with E-state index < -0.39 is 0 Å². The van der Waals surface area contributed by atoms with Gasteiger partial charge in [0.2, 0.25) is 5.88 Å². The minimum absolute atomic E-state index is 0.118. The number of aromatic nitrogens is 3. The van der Waals surface area contributed by atoms with Gasteiger partial charge in [-0.1, -0.05) is 0 Å². The summed E-state index contributed by atoms with van der Waals surface area (Å²) in [5, 5.41) is 2.88. The van der Waals surface area contributed by atoms with Crippen LogP contribution in [0.25, 0.3) is 0 Å². The number of rotatable bonds is 6. The lowest BCUT2D eigenvalue weighted by atomic mass is 10.2. The highest BCUT2D eigenvalue weighted by Crippen LogP contribution is 2.22. The Morgan fingerprint density at radius 1 is 1.55 bits per heavy atom. The summed E-state index contributed by atoms with van der Waals surface area (Å²) < 4.78 is 5.80. The van der Waals surface area contributed by atoms with Crippen molar-refractivity contribution in [3.05, 3.63) is 42.1 Å². The summed E-state index contributed by atoms with van der Waals surface area (Å²) in [5.74, 6) is 2.52. The molecule has 3 rings (SSSR count). The van der Waals surface area contributed by atoms with E-state index in [1.807, 2.05) is 11.8 Å². The van der Waals surface area contributed by atoms with Crippen molar-refractivity contribution in [3.8, 4) is 5.88 Å². The summed E-state index contributed by atoms with van der Waals surface area (Å²) >= 11 is 1.88. The second-order valence-electron chi connectivity index (χ2n) is 5.07. The van der Waals surface area contributed by atoms with Crippen LogP contribution in [-0.4, -0.2) is 45.0 Å². The fourth-order valence-electron chi connectivity index (χ4n) is 2.23. The highest BCUT2D eigenvalue weighted by atomic mass is 32.2. The van der Waals surface area contributed by atoms with Crippen molar-refractivity contribution in [2.75, 3.05) is 18.1 Å². The lowest BCUT2D eigenvalue weighted by Gasteiger charge is -2.12. The summed E-state index contributed by atoms with van der Waals surface area (Å²) in [6.45, 7) is 0.554. The molecule has 2 aromatic heterocycles. The van der Waals surface area contributed by atoms with Gasteiger partial charge in [0.05, 0.1) is 6.33 Å². The van der Waals surface area contributed by atoms with Crippen LogP contribution in [0, 0.1) is 0 Å². The maximum Gasteiger partial charge on any atom is 0.251 e. The second kappa shape index (κ2) is 7.31. The van der Waals surface area contributed by atoms with Crippen LogP contribution < -0.4 is 10.1 Å². The Morgan fingerprint density at radius 3 is 3.27 bits per heavy atom. The van der Waals surface area contributed by atoms with E-state index in [1.54, 1.807) is 30.9 Å². The average molecular weight is 318 g/mol. The number of nitrogens with one attached hydrogen (secondary N) is 2. The van der Waals surface area contributed by atoms with Crippen LogP contribution >= 0.6 is 11.8 Å². The van der Waals surface area contributed by atoms with Gasteiger partial charge in [-0.2, -0.15) is 11.8 Å². The number of carbonyl (C=O) groups excluding carboxylic acids is 1. The first-order valence-corrected chi connectivity index (χ1v) is 8.42. The average Bonchev–Trinajstić information content (AvgIpc) is 3.21. The number of nitrogens with zero attached hydrogens (tertiary/aromatic N) is 2. The highest BCUT2D eigenvalue weighted by molar-refractivity contribution is 7.99. The summed E-state index contributed by atoms with van der Waals surface area (Å²) in [6, 6.07) is 3.40. The molecule has 0 radical (unpaired) electrons. The first-order valence-electron chi connectivity index (χ1n) is 7.27. The van der Waals surface area contributed by atoms with Crippen molar-refractivity contribution in [1.82, 2.24) is 20.3 Å². The Kier molecular flexibility index (Phi) is 4.95. The maximum absolute atomic E-state index is 12.1. The first kappa shape index (κ1) is 14.9. The molecular weight excluding hydrogens is 300 g/mol. The molecule has 0 unspecified atom stereocenters. The van der Waals surface area contributed by atoms with E-state index in [0.29, 0.717) is 18.0 Å². The molecular formula is C15H18N4O2S. The monoisotopic (exact) mass is 318 g/mol. The molecule has 0 spiro atoms. The number of imidazole rings is 1. The smallest absolute Gasteiger partial charge is 0.251 e. The number of hydrogen-bond donors (Lipinski definition) is 2. The Morgan fingerprint density at radius 2 is 2.50 bits per heavy atom. The molecule has 1 aliphatic heterocycles. The minimum Gasteiger partial charge on any atom is -0.473 e. The first-order chi connectivity index (χ1) is 10.8. The van der Waals surface area contributed by atoms with E-state index in [9.17, 15) is 4.79 Å². The fourth-order valence-corrected chi connectivity index (χ4v) is 3.32. The number of carbonyl (C=O) groups is 1. The van der Waals surface area contributed by atoms with Gasteiger partial charge in [0, 0.05) is 48.4 Å². The molecule has 0 aliphatic carbocycles. The molecule has 2 N–H and O–H groups in total. The predicted octanol–water partition coefficient (Wildman–Crippen LogP) is 1.66. The van der Waals surface area contributed by atoms with Crippen molar-refractivity contribution in [3.63, 3.8) is 0 Å². The van der Waals surface area contributed by atoms with E-state index in [1.165, 1.54) is 0 Å². The number of aromatic amines is 1. The van der Waals surface area contributed by atoms with Gasteiger partial charge in [-0.05, 0) is 18.2 Å². The van der Waals surface area contributed by atoms with Gasteiger partial charge in [0.25, 0.3) is 5.91 Å². The van der Waals surface area contributed by atoms with E-state index in [0.717, 1.165) is 30.0 Å². The third kappa shape index (κ3) is 4.00. The van der Waals surface area contributed by atoms with E-state index in [2.05, 4.69) is 20.3 Å². The van der Waals surface area contributed by atoms with Crippen molar-refractivity contribution in [2.45, 2.75) is 18.9 Å². The van der Waals surface area contributed by atoms with Crippen molar-refractivity contribution in [2.24, 2.45) is 0 Å². The molecule has 1 atom stereocenters. The molecule has 0 bridgehead atoms. The molecule has 116 valence electrons. The Hall–Kier alpha value is -2.02. The van der Waals surface area contributed by atoms with Gasteiger partial charge in [0.15, 0.2) is 0 Å². The van der Waals surface area contributed by atoms with E-state index >= 15 is 0 Å². The van der Waals surface area contributed by atoms with E-state index in [-0.39, 0.29) is 12.0 Å². The standard InChI is InChI=1S/C15H18N4O2S/c20-15(18-5-2-12-8-16-10-19-12)11-1-4-17-14(7-11)21-13-3-6-22-9-13/h1,4,7-8,10,13H,2-3,5-6,9H2,(H,16,19)(H,18,20)/t13-/m0/s1. The molecule has 1 saturated heterocycles. The van der Waals surface area contributed by atoms with Crippen molar-refractivity contribution in [1.29, 1.82) is 0 Å². The number of pyridine rings is 1. The van der Waals surface area contributed by atoms with Crippen LogP contribution in [0.3, 0.4) is 0 Å². The van der Waals surface area contributed by atoms with Gasteiger partial charge >= 0.3 is 0 Å². The Labute approximate surface area is 133 Å². The molecule has 3 heterocycles. The Balaban J connectivity index is 1.52. The summed E-state index contributed by atoms with van der Waals surface area (Å²) in [6.07, 6.45) is 6.96. The Bertz CT molecular complexity index is 612. The zero-order valence-electron chi connectivity index (χ0n) is 12.1. The molecule has 6 nitrogen and oxygen atoms in total. The SMILES string of the molecule is O=C(NCCc1cnc[nH]1)c1ccnc(O[C@H]2CCSC2)c1. The molecule has 0 saturated carbocycles. The van der Waals surface area contributed by atoms with Crippen LogP contribution in [0.5, 0.6) is 5.88 Å². The minimum atomic E-state index is -0.118. The van der Waals surface area contributed by atoms with Gasteiger partial charge in [0.1, 0.15) is 6.10 Å². The number of hydrogen-bond acceptors (Lipinski definition) is 5. The molecule has 22 heavy (non-hydrogen) atoms. The lowest BCUT2D eigenvalue weighted by molar-refractivity contribution is 0.0953. The summed E-state index contributed by atoms with van der Waals surface area (Å²) in [5.41, 5.74) is 1.57. The van der Waals surface area contributed by atoms with Crippen LogP contribution in [0.1, 0.15) is 22.5 Å². The molecule has 1 aliphatic rings. The zero-order chi connectivity index (χ0) is 15.2. The van der Waals surface area contributed by atoms with Gasteiger partial charge in [-0.15, -0.1) is 0 Å². The quantitative estimate of drug-likeness (QED) is 0.847. The molecule has 7 heteroatoms. The van der Waals surface area contributed by atoms with E-state index in [4.69, 9.17) is 4.74 Å². The predicted molar refractivity (Wildman–Crippen MR) is 85.2 cm³/mol. The fraction of sp³-hybridized carbons (Fsp3) is 0.400. The maximum atomic E-state index is 12.1.